The molecule has 0 heterocycles. The van der Waals surface area contributed by atoms with Gasteiger partial charge in [0, 0.05) is 5.54 Å². The van der Waals surface area contributed by atoms with E-state index < -0.39 is 0 Å². The van der Waals surface area contributed by atoms with Crippen molar-refractivity contribution in [2.24, 2.45) is 29.4 Å². The molecule has 3 fully saturated rings. The van der Waals surface area contributed by atoms with Crippen LogP contribution < -0.4 is 5.73 Å². The Labute approximate surface area is 124 Å². The van der Waals surface area contributed by atoms with Crippen molar-refractivity contribution < 1.29 is 0 Å². The van der Waals surface area contributed by atoms with E-state index in [1.54, 1.807) is 0 Å². The molecule has 102 valence electrons. The summed E-state index contributed by atoms with van der Waals surface area (Å²) in [5, 5.41) is 1.31. The summed E-state index contributed by atoms with van der Waals surface area (Å²) in [7, 11) is 0. The fourth-order valence-electron chi connectivity index (χ4n) is 5.36. The smallest absolute Gasteiger partial charge is 0.0642 e. The molecule has 0 aromatic heterocycles. The molecule has 2 bridgehead atoms. The van der Waals surface area contributed by atoms with Gasteiger partial charge in [0.05, 0.1) is 10.0 Å². The highest BCUT2D eigenvalue weighted by atomic mass is 35.5. The summed E-state index contributed by atoms with van der Waals surface area (Å²) in [5.41, 5.74) is 7.69. The number of nitrogens with two attached hydrogens (primary N) is 1. The van der Waals surface area contributed by atoms with Gasteiger partial charge in [0.2, 0.25) is 0 Å². The first-order chi connectivity index (χ1) is 9.11. The Bertz CT molecular complexity index is 529. The van der Waals surface area contributed by atoms with Crippen LogP contribution in [0.4, 0.5) is 0 Å². The van der Waals surface area contributed by atoms with Crippen LogP contribution in [-0.2, 0) is 5.54 Å². The minimum atomic E-state index is -0.238. The van der Waals surface area contributed by atoms with Gasteiger partial charge in [-0.15, -0.1) is 0 Å². The van der Waals surface area contributed by atoms with Crippen LogP contribution in [0.5, 0.6) is 0 Å². The zero-order valence-corrected chi connectivity index (χ0v) is 12.4. The van der Waals surface area contributed by atoms with Gasteiger partial charge in [-0.25, -0.2) is 0 Å². The molecular formula is C16H19Cl2N. The molecule has 2 N–H and O–H groups in total. The molecule has 0 saturated heterocycles. The van der Waals surface area contributed by atoms with E-state index in [1.165, 1.54) is 25.7 Å². The highest BCUT2D eigenvalue weighted by Crippen LogP contribution is 2.64. The molecule has 3 saturated carbocycles. The van der Waals surface area contributed by atoms with E-state index in [0.717, 1.165) is 29.7 Å². The van der Waals surface area contributed by atoms with Crippen LogP contribution in [0, 0.1) is 23.7 Å². The van der Waals surface area contributed by atoms with Crippen molar-refractivity contribution >= 4 is 23.2 Å². The molecule has 3 heteroatoms. The largest absolute Gasteiger partial charge is 0.321 e. The van der Waals surface area contributed by atoms with Gasteiger partial charge in [-0.2, -0.15) is 0 Å². The maximum absolute atomic E-state index is 6.85. The molecule has 4 rings (SSSR count). The number of fused-ring (bicyclic) bond motifs is 5. The van der Waals surface area contributed by atoms with Crippen LogP contribution in [0.25, 0.3) is 0 Å². The fraction of sp³-hybridized carbons (Fsp3) is 0.625. The summed E-state index contributed by atoms with van der Waals surface area (Å²) in [6, 6.07) is 5.91. The molecule has 1 nitrogen and oxygen atoms in total. The molecule has 0 aliphatic heterocycles. The van der Waals surface area contributed by atoms with E-state index in [4.69, 9.17) is 28.9 Å². The Morgan fingerprint density at radius 2 is 1.95 bits per heavy atom. The lowest BCUT2D eigenvalue weighted by atomic mass is 9.68. The number of hydrogen-bond donors (Lipinski definition) is 1. The van der Waals surface area contributed by atoms with Crippen LogP contribution in [0.2, 0.25) is 10.0 Å². The van der Waals surface area contributed by atoms with E-state index in [-0.39, 0.29) is 5.54 Å². The van der Waals surface area contributed by atoms with Gasteiger partial charge in [-0.1, -0.05) is 41.8 Å². The summed E-state index contributed by atoms with van der Waals surface area (Å²) >= 11 is 12.6. The lowest BCUT2D eigenvalue weighted by Gasteiger charge is -2.41. The predicted octanol–water partition coefficient (Wildman–Crippen LogP) is 4.60. The van der Waals surface area contributed by atoms with Crippen LogP contribution in [0.3, 0.4) is 0 Å². The molecule has 1 aromatic carbocycles. The summed E-state index contributed by atoms with van der Waals surface area (Å²) in [6.07, 6.45) is 6.57. The predicted molar refractivity (Wildman–Crippen MR) is 79.4 cm³/mol. The van der Waals surface area contributed by atoms with Crippen LogP contribution >= 0.6 is 23.2 Å². The number of halogens is 2. The topological polar surface area (TPSA) is 26.0 Å². The minimum absolute atomic E-state index is 0.238. The van der Waals surface area contributed by atoms with Crippen molar-refractivity contribution in [1.29, 1.82) is 0 Å². The number of hydrogen-bond acceptors (Lipinski definition) is 1. The highest BCUT2D eigenvalue weighted by Gasteiger charge is 2.60. The summed E-state index contributed by atoms with van der Waals surface area (Å²) < 4.78 is 0. The quantitative estimate of drug-likeness (QED) is 0.805. The Hall–Kier alpha value is -0.240. The SMILES string of the molecule is NC1(c2cccc(Cl)c2Cl)CC2CC1C1CCCC21. The first kappa shape index (κ1) is 12.5. The molecule has 3 aliphatic carbocycles. The van der Waals surface area contributed by atoms with Crippen molar-refractivity contribution in [3.8, 4) is 0 Å². The molecular weight excluding hydrogens is 277 g/mol. The van der Waals surface area contributed by atoms with Gasteiger partial charge >= 0.3 is 0 Å². The average molecular weight is 296 g/mol. The molecule has 0 spiro atoms. The van der Waals surface area contributed by atoms with Crippen molar-refractivity contribution in [3.05, 3.63) is 33.8 Å². The second-order valence-corrected chi connectivity index (χ2v) is 7.49. The Morgan fingerprint density at radius 1 is 1.16 bits per heavy atom. The van der Waals surface area contributed by atoms with Crippen molar-refractivity contribution in [1.82, 2.24) is 0 Å². The lowest BCUT2D eigenvalue weighted by molar-refractivity contribution is 0.157. The zero-order chi connectivity index (χ0) is 13.2. The maximum atomic E-state index is 6.85. The average Bonchev–Trinajstić information content (AvgIpc) is 3.03. The van der Waals surface area contributed by atoms with Gasteiger partial charge in [-0.3, -0.25) is 0 Å². The third-order valence-corrected chi connectivity index (χ3v) is 6.84. The van der Waals surface area contributed by atoms with E-state index >= 15 is 0 Å². The van der Waals surface area contributed by atoms with Gasteiger partial charge in [0.1, 0.15) is 0 Å². The van der Waals surface area contributed by atoms with Crippen LogP contribution in [0.15, 0.2) is 18.2 Å². The first-order valence-electron chi connectivity index (χ1n) is 7.34. The number of rotatable bonds is 1. The number of benzene rings is 1. The molecule has 3 aliphatic rings. The molecule has 5 atom stereocenters. The second-order valence-electron chi connectivity index (χ2n) is 6.71. The Kier molecular flexibility index (Phi) is 2.72. The maximum Gasteiger partial charge on any atom is 0.0642 e. The van der Waals surface area contributed by atoms with Gasteiger partial charge < -0.3 is 5.73 Å². The molecule has 1 aromatic rings. The Balaban J connectivity index is 1.77. The van der Waals surface area contributed by atoms with Crippen LogP contribution in [-0.4, -0.2) is 0 Å². The minimum Gasteiger partial charge on any atom is -0.321 e. The standard InChI is InChI=1S/C16H19Cl2N/c17-14-6-2-5-12(15(14)18)16(19)8-9-7-13(16)11-4-1-3-10(9)11/h2,5-6,9-11,13H,1,3-4,7-8,19H2. The molecule has 0 radical (unpaired) electrons. The molecule has 19 heavy (non-hydrogen) atoms. The third kappa shape index (κ3) is 1.58. The van der Waals surface area contributed by atoms with Gasteiger partial charge in [0.15, 0.2) is 0 Å². The summed E-state index contributed by atoms with van der Waals surface area (Å²) in [4.78, 5) is 0. The summed E-state index contributed by atoms with van der Waals surface area (Å²) in [5.74, 6) is 3.21. The van der Waals surface area contributed by atoms with Crippen molar-refractivity contribution in [2.45, 2.75) is 37.6 Å². The highest BCUT2D eigenvalue weighted by molar-refractivity contribution is 6.42. The van der Waals surface area contributed by atoms with E-state index in [2.05, 4.69) is 6.07 Å². The third-order valence-electron chi connectivity index (χ3n) is 6.02. The normalized spacial score (nSPS) is 43.7. The summed E-state index contributed by atoms with van der Waals surface area (Å²) in [6.45, 7) is 0. The molecule has 0 amide bonds. The van der Waals surface area contributed by atoms with Crippen LogP contribution in [0.1, 0.15) is 37.7 Å². The van der Waals surface area contributed by atoms with Gasteiger partial charge in [0.25, 0.3) is 0 Å². The first-order valence-corrected chi connectivity index (χ1v) is 8.10. The van der Waals surface area contributed by atoms with Gasteiger partial charge in [-0.05, 0) is 61.0 Å². The van der Waals surface area contributed by atoms with Crippen molar-refractivity contribution in [3.63, 3.8) is 0 Å². The van der Waals surface area contributed by atoms with Crippen molar-refractivity contribution in [2.75, 3.05) is 0 Å². The van der Waals surface area contributed by atoms with E-state index in [1.807, 2.05) is 12.1 Å². The van der Waals surface area contributed by atoms with E-state index in [9.17, 15) is 0 Å². The monoisotopic (exact) mass is 295 g/mol. The fourth-order valence-corrected chi connectivity index (χ4v) is 5.84. The van der Waals surface area contributed by atoms with E-state index in [0.29, 0.717) is 16.0 Å². The zero-order valence-electron chi connectivity index (χ0n) is 10.9. The molecule has 5 unspecified atom stereocenters. The Morgan fingerprint density at radius 3 is 2.79 bits per heavy atom. The second kappa shape index (κ2) is 4.13. The lowest BCUT2D eigenvalue weighted by Crippen LogP contribution is -2.46.